The Hall–Kier alpha value is -1.51. The van der Waals surface area contributed by atoms with Crippen molar-refractivity contribution in [2.24, 2.45) is 0 Å². The van der Waals surface area contributed by atoms with Crippen molar-refractivity contribution < 1.29 is 4.79 Å². The average molecular weight is 294 g/mol. The number of ketones is 1. The van der Waals surface area contributed by atoms with E-state index in [1.807, 2.05) is 30.3 Å². The molecule has 0 aliphatic heterocycles. The van der Waals surface area contributed by atoms with Crippen molar-refractivity contribution in [3.63, 3.8) is 0 Å². The van der Waals surface area contributed by atoms with E-state index in [1.165, 1.54) is 0 Å². The van der Waals surface area contributed by atoms with Gasteiger partial charge in [-0.25, -0.2) is 0 Å². The second-order valence-electron chi connectivity index (χ2n) is 4.09. The monoisotopic (exact) mass is 293 g/mol. The van der Waals surface area contributed by atoms with Crippen molar-refractivity contribution in [3.8, 4) is 0 Å². The minimum atomic E-state index is 0.0435. The van der Waals surface area contributed by atoms with Crippen LogP contribution in [0, 0.1) is 0 Å². The summed E-state index contributed by atoms with van der Waals surface area (Å²) >= 11 is 11.7. The highest BCUT2D eigenvalue weighted by Gasteiger charge is 2.07. The van der Waals surface area contributed by atoms with E-state index in [4.69, 9.17) is 23.2 Å². The lowest BCUT2D eigenvalue weighted by Gasteiger charge is -2.06. The standard InChI is InChI=1S/C15H13Cl2NO/c16-13-7-6-11(10-14(13)17)15(19)8-9-18-12-4-2-1-3-5-12/h1-7,10,18H,8-9H2. The smallest absolute Gasteiger partial charge is 0.164 e. The fourth-order valence-corrected chi connectivity index (χ4v) is 1.99. The van der Waals surface area contributed by atoms with Crippen molar-refractivity contribution in [1.82, 2.24) is 0 Å². The van der Waals surface area contributed by atoms with Gasteiger partial charge in [0.15, 0.2) is 5.78 Å². The van der Waals surface area contributed by atoms with E-state index in [-0.39, 0.29) is 5.78 Å². The minimum absolute atomic E-state index is 0.0435. The molecule has 0 saturated carbocycles. The molecule has 2 rings (SSSR count). The number of hydrogen-bond donors (Lipinski definition) is 1. The molecule has 0 fully saturated rings. The molecular weight excluding hydrogens is 281 g/mol. The Morgan fingerprint density at radius 2 is 1.74 bits per heavy atom. The van der Waals surface area contributed by atoms with Gasteiger partial charge in [-0.05, 0) is 30.3 Å². The molecule has 2 aromatic carbocycles. The number of halogens is 2. The van der Waals surface area contributed by atoms with E-state index in [0.717, 1.165) is 5.69 Å². The quantitative estimate of drug-likeness (QED) is 0.811. The van der Waals surface area contributed by atoms with Crippen LogP contribution in [0.25, 0.3) is 0 Å². The average Bonchev–Trinajstić information content (AvgIpc) is 2.43. The lowest BCUT2D eigenvalue weighted by molar-refractivity contribution is 0.0986. The Morgan fingerprint density at radius 3 is 2.42 bits per heavy atom. The predicted molar refractivity (Wildman–Crippen MR) is 80.3 cm³/mol. The van der Waals surface area contributed by atoms with Gasteiger partial charge in [0.2, 0.25) is 0 Å². The maximum Gasteiger partial charge on any atom is 0.164 e. The molecule has 0 aliphatic carbocycles. The largest absolute Gasteiger partial charge is 0.385 e. The molecule has 0 aliphatic rings. The Kier molecular flexibility index (Phi) is 4.83. The number of hydrogen-bond acceptors (Lipinski definition) is 2. The summed E-state index contributed by atoms with van der Waals surface area (Å²) in [5.41, 5.74) is 1.59. The Morgan fingerprint density at radius 1 is 1.00 bits per heavy atom. The van der Waals surface area contributed by atoms with Gasteiger partial charge in [0.1, 0.15) is 0 Å². The SMILES string of the molecule is O=C(CCNc1ccccc1)c1ccc(Cl)c(Cl)c1. The summed E-state index contributed by atoms with van der Waals surface area (Å²) in [6, 6.07) is 14.7. The molecule has 98 valence electrons. The minimum Gasteiger partial charge on any atom is -0.385 e. The molecule has 0 amide bonds. The highest BCUT2D eigenvalue weighted by atomic mass is 35.5. The lowest BCUT2D eigenvalue weighted by Crippen LogP contribution is -2.08. The van der Waals surface area contributed by atoms with Crippen LogP contribution in [0.1, 0.15) is 16.8 Å². The number of benzene rings is 2. The fraction of sp³-hybridized carbons (Fsp3) is 0.133. The van der Waals surface area contributed by atoms with E-state index >= 15 is 0 Å². The molecule has 0 heterocycles. The second kappa shape index (κ2) is 6.60. The summed E-state index contributed by atoms with van der Waals surface area (Å²) in [5.74, 6) is 0.0435. The lowest BCUT2D eigenvalue weighted by atomic mass is 10.1. The molecule has 0 bridgehead atoms. The van der Waals surface area contributed by atoms with Crippen LogP contribution in [0.4, 0.5) is 5.69 Å². The van der Waals surface area contributed by atoms with Gasteiger partial charge >= 0.3 is 0 Å². The van der Waals surface area contributed by atoms with Crippen molar-refractivity contribution in [2.45, 2.75) is 6.42 Å². The first kappa shape index (κ1) is 13.9. The van der Waals surface area contributed by atoms with Crippen molar-refractivity contribution in [3.05, 3.63) is 64.1 Å². The molecule has 2 nitrogen and oxygen atoms in total. The first-order chi connectivity index (χ1) is 9.16. The normalized spacial score (nSPS) is 10.2. The molecular formula is C15H13Cl2NO. The summed E-state index contributed by atoms with van der Waals surface area (Å²) in [4.78, 5) is 12.0. The summed E-state index contributed by atoms with van der Waals surface area (Å²) < 4.78 is 0. The van der Waals surface area contributed by atoms with Crippen LogP contribution >= 0.6 is 23.2 Å². The molecule has 0 saturated heterocycles. The molecule has 4 heteroatoms. The van der Waals surface area contributed by atoms with Crippen molar-refractivity contribution in [2.75, 3.05) is 11.9 Å². The van der Waals surface area contributed by atoms with Gasteiger partial charge in [-0.1, -0.05) is 41.4 Å². The summed E-state index contributed by atoms with van der Waals surface area (Å²) in [6.07, 6.45) is 0.410. The maximum absolute atomic E-state index is 12.0. The van der Waals surface area contributed by atoms with E-state index in [0.29, 0.717) is 28.6 Å². The van der Waals surface area contributed by atoms with Gasteiger partial charge in [0.25, 0.3) is 0 Å². The summed E-state index contributed by atoms with van der Waals surface area (Å²) in [5, 5.41) is 4.06. The van der Waals surface area contributed by atoms with Crippen LogP contribution in [0.5, 0.6) is 0 Å². The molecule has 19 heavy (non-hydrogen) atoms. The van der Waals surface area contributed by atoms with E-state index in [1.54, 1.807) is 18.2 Å². The van der Waals surface area contributed by atoms with Gasteiger partial charge in [-0.2, -0.15) is 0 Å². The number of Topliss-reactive ketones (excluding diaryl/α,β-unsaturated/α-hetero) is 1. The van der Waals surface area contributed by atoms with Crippen LogP contribution in [-0.2, 0) is 0 Å². The van der Waals surface area contributed by atoms with Gasteiger partial charge in [0.05, 0.1) is 10.0 Å². The maximum atomic E-state index is 12.0. The van der Waals surface area contributed by atoms with Crippen molar-refractivity contribution in [1.29, 1.82) is 0 Å². The summed E-state index contributed by atoms with van der Waals surface area (Å²) in [7, 11) is 0. The Balaban J connectivity index is 1.89. The molecule has 0 atom stereocenters. The molecule has 0 aromatic heterocycles. The number of para-hydroxylation sites is 1. The zero-order chi connectivity index (χ0) is 13.7. The molecule has 0 radical (unpaired) electrons. The topological polar surface area (TPSA) is 29.1 Å². The third kappa shape index (κ3) is 3.98. The predicted octanol–water partition coefficient (Wildman–Crippen LogP) is 4.68. The third-order valence-corrected chi connectivity index (χ3v) is 3.44. The van der Waals surface area contributed by atoms with Crippen molar-refractivity contribution >= 4 is 34.7 Å². The number of anilines is 1. The third-order valence-electron chi connectivity index (χ3n) is 2.70. The molecule has 1 N–H and O–H groups in total. The van der Waals surface area contributed by atoms with Crippen LogP contribution in [0.15, 0.2) is 48.5 Å². The van der Waals surface area contributed by atoms with Gasteiger partial charge in [-0.3, -0.25) is 4.79 Å². The van der Waals surface area contributed by atoms with Crippen LogP contribution in [-0.4, -0.2) is 12.3 Å². The first-order valence-electron chi connectivity index (χ1n) is 5.94. The highest BCUT2D eigenvalue weighted by molar-refractivity contribution is 6.42. The molecule has 0 unspecified atom stereocenters. The zero-order valence-electron chi connectivity index (χ0n) is 10.2. The van der Waals surface area contributed by atoms with Crippen LogP contribution in [0.3, 0.4) is 0 Å². The number of nitrogens with one attached hydrogen (secondary N) is 1. The van der Waals surface area contributed by atoms with E-state index in [9.17, 15) is 4.79 Å². The zero-order valence-corrected chi connectivity index (χ0v) is 11.7. The van der Waals surface area contributed by atoms with Crippen LogP contribution < -0.4 is 5.32 Å². The van der Waals surface area contributed by atoms with E-state index < -0.39 is 0 Å². The fourth-order valence-electron chi connectivity index (χ4n) is 1.69. The summed E-state index contributed by atoms with van der Waals surface area (Å²) in [6.45, 7) is 0.586. The number of carbonyl (C=O) groups is 1. The second-order valence-corrected chi connectivity index (χ2v) is 4.91. The van der Waals surface area contributed by atoms with E-state index in [2.05, 4.69) is 5.32 Å². The first-order valence-corrected chi connectivity index (χ1v) is 6.69. The number of rotatable bonds is 5. The van der Waals surface area contributed by atoms with Gasteiger partial charge in [0, 0.05) is 24.2 Å². The van der Waals surface area contributed by atoms with Gasteiger partial charge in [-0.15, -0.1) is 0 Å². The Labute approximate surface area is 122 Å². The molecule has 0 spiro atoms. The van der Waals surface area contributed by atoms with Gasteiger partial charge < -0.3 is 5.32 Å². The highest BCUT2D eigenvalue weighted by Crippen LogP contribution is 2.23. The van der Waals surface area contributed by atoms with Crippen LogP contribution in [0.2, 0.25) is 10.0 Å². The number of carbonyl (C=O) groups excluding carboxylic acids is 1. The Bertz CT molecular complexity index is 570. The molecule has 2 aromatic rings.